The number of benzene rings is 2. The summed E-state index contributed by atoms with van der Waals surface area (Å²) < 4.78 is 16.5. The van der Waals surface area contributed by atoms with Crippen LogP contribution in [0.3, 0.4) is 0 Å². The van der Waals surface area contributed by atoms with Gasteiger partial charge >= 0.3 is 0 Å². The molecule has 186 valence electrons. The first kappa shape index (κ1) is 24.8. The molecule has 0 aliphatic carbocycles. The molecule has 8 heteroatoms. The lowest BCUT2D eigenvalue weighted by atomic mass is 9.95. The smallest absolute Gasteiger partial charge is 0.295 e. The highest BCUT2D eigenvalue weighted by atomic mass is 16.5. The molecule has 0 aromatic heterocycles. The third-order valence-electron chi connectivity index (χ3n) is 6.21. The fourth-order valence-electron chi connectivity index (χ4n) is 4.46. The molecule has 2 fully saturated rings. The lowest BCUT2D eigenvalue weighted by Gasteiger charge is -2.31. The Bertz CT molecular complexity index is 1090. The van der Waals surface area contributed by atoms with E-state index in [0.29, 0.717) is 48.9 Å². The van der Waals surface area contributed by atoms with Crippen LogP contribution in [0.5, 0.6) is 11.5 Å². The average Bonchev–Trinajstić information content (AvgIpc) is 3.12. The van der Waals surface area contributed by atoms with E-state index in [1.54, 1.807) is 48.4 Å². The summed E-state index contributed by atoms with van der Waals surface area (Å²) in [6.07, 6.45) is 0.0132. The summed E-state index contributed by atoms with van der Waals surface area (Å²) in [4.78, 5) is 30.2. The van der Waals surface area contributed by atoms with E-state index < -0.39 is 17.7 Å². The average molecular weight is 481 g/mol. The molecule has 0 bridgehead atoms. The van der Waals surface area contributed by atoms with Gasteiger partial charge in [0, 0.05) is 31.7 Å². The molecular weight excluding hydrogens is 448 g/mol. The van der Waals surface area contributed by atoms with Gasteiger partial charge in [-0.1, -0.05) is 12.1 Å². The molecule has 0 spiro atoms. The maximum atomic E-state index is 13.2. The maximum absolute atomic E-state index is 13.2. The molecule has 1 atom stereocenters. The van der Waals surface area contributed by atoms with E-state index in [2.05, 4.69) is 4.90 Å². The van der Waals surface area contributed by atoms with E-state index in [-0.39, 0.29) is 17.4 Å². The van der Waals surface area contributed by atoms with E-state index in [9.17, 15) is 14.7 Å². The van der Waals surface area contributed by atoms with Crippen LogP contribution >= 0.6 is 0 Å². The monoisotopic (exact) mass is 480 g/mol. The van der Waals surface area contributed by atoms with Crippen molar-refractivity contribution in [1.29, 1.82) is 0 Å². The number of aliphatic hydroxyl groups excluding tert-OH is 1. The summed E-state index contributed by atoms with van der Waals surface area (Å²) in [5.74, 6) is -0.253. The van der Waals surface area contributed by atoms with Gasteiger partial charge in [0.15, 0.2) is 0 Å². The Morgan fingerprint density at radius 3 is 2.43 bits per heavy atom. The van der Waals surface area contributed by atoms with Crippen LogP contribution in [0, 0.1) is 0 Å². The van der Waals surface area contributed by atoms with Gasteiger partial charge in [0.05, 0.1) is 38.0 Å². The number of ether oxygens (including phenoxy) is 3. The number of hydrogen-bond acceptors (Lipinski definition) is 7. The van der Waals surface area contributed by atoms with Gasteiger partial charge in [-0.15, -0.1) is 0 Å². The number of methoxy groups -OCH3 is 1. The first-order valence-corrected chi connectivity index (χ1v) is 11.9. The van der Waals surface area contributed by atoms with E-state index >= 15 is 0 Å². The zero-order valence-corrected chi connectivity index (χ0v) is 20.4. The molecule has 2 aromatic rings. The molecule has 2 aromatic carbocycles. The second kappa shape index (κ2) is 10.9. The molecule has 1 amide bonds. The number of carbonyl (C=O) groups excluding carboxylic acids is 2. The number of carbonyl (C=O) groups is 2. The highest BCUT2D eigenvalue weighted by molar-refractivity contribution is 6.46. The Hall–Kier alpha value is -3.36. The molecule has 2 aliphatic heterocycles. The quantitative estimate of drug-likeness (QED) is 0.353. The van der Waals surface area contributed by atoms with Gasteiger partial charge in [-0.3, -0.25) is 14.5 Å². The minimum absolute atomic E-state index is 0.0132. The van der Waals surface area contributed by atoms with Crippen LogP contribution in [-0.4, -0.2) is 79.2 Å². The van der Waals surface area contributed by atoms with Gasteiger partial charge in [0.2, 0.25) is 0 Å². The van der Waals surface area contributed by atoms with Crippen LogP contribution in [0.1, 0.15) is 31.0 Å². The van der Waals surface area contributed by atoms with E-state index in [1.807, 2.05) is 26.0 Å². The molecule has 0 unspecified atom stereocenters. The number of ketones is 1. The van der Waals surface area contributed by atoms with Crippen molar-refractivity contribution in [2.24, 2.45) is 0 Å². The molecule has 2 saturated heterocycles. The molecule has 4 rings (SSSR count). The molecule has 1 N–H and O–H groups in total. The number of likely N-dealkylation sites (tertiary alicyclic amines) is 1. The summed E-state index contributed by atoms with van der Waals surface area (Å²) in [7, 11) is 1.56. The summed E-state index contributed by atoms with van der Waals surface area (Å²) in [6, 6.07) is 13.4. The van der Waals surface area contributed by atoms with Gasteiger partial charge < -0.3 is 24.2 Å². The van der Waals surface area contributed by atoms with Crippen molar-refractivity contribution in [3.8, 4) is 11.5 Å². The minimum atomic E-state index is -0.724. The molecular formula is C27H32N2O6. The Labute approximate surface area is 205 Å². The highest BCUT2D eigenvalue weighted by Gasteiger charge is 2.46. The number of morpholine rings is 1. The van der Waals surface area contributed by atoms with Crippen LogP contribution in [-0.2, 0) is 14.3 Å². The number of Topliss-reactive ketones (excluding diaryl/α,β-unsaturated/α-hetero) is 1. The molecule has 35 heavy (non-hydrogen) atoms. The fourth-order valence-corrected chi connectivity index (χ4v) is 4.46. The van der Waals surface area contributed by atoms with Gasteiger partial charge in [-0.05, 0) is 55.8 Å². The third kappa shape index (κ3) is 5.49. The van der Waals surface area contributed by atoms with Crippen LogP contribution in [0.2, 0.25) is 0 Å². The van der Waals surface area contributed by atoms with Gasteiger partial charge in [-0.2, -0.15) is 0 Å². The standard InChI is InChI=1S/C27H32N2O6/c1-18(2)35-21-9-7-19(8-10-21)25(30)23-24(20-5-4-6-22(17-20)33-3)29(27(32)26(23)31)12-11-28-13-15-34-16-14-28/h4-10,17-18,24,30H,11-16H2,1-3H3/t24-/m0/s1. The van der Waals surface area contributed by atoms with Gasteiger partial charge in [0.25, 0.3) is 11.7 Å². The Morgan fingerprint density at radius 2 is 1.77 bits per heavy atom. The Morgan fingerprint density at radius 1 is 1.06 bits per heavy atom. The Kier molecular flexibility index (Phi) is 7.73. The van der Waals surface area contributed by atoms with Crippen molar-refractivity contribution in [3.63, 3.8) is 0 Å². The highest BCUT2D eigenvalue weighted by Crippen LogP contribution is 2.40. The summed E-state index contributed by atoms with van der Waals surface area (Å²) >= 11 is 0. The number of nitrogens with zero attached hydrogens (tertiary/aromatic N) is 2. The molecule has 0 radical (unpaired) electrons. The summed E-state index contributed by atoms with van der Waals surface area (Å²) in [6.45, 7) is 7.67. The maximum Gasteiger partial charge on any atom is 0.295 e. The second-order valence-electron chi connectivity index (χ2n) is 8.91. The van der Waals surface area contributed by atoms with Gasteiger partial charge in [0.1, 0.15) is 17.3 Å². The fraction of sp³-hybridized carbons (Fsp3) is 0.407. The number of rotatable bonds is 8. The van der Waals surface area contributed by atoms with Crippen molar-refractivity contribution in [2.45, 2.75) is 26.0 Å². The number of aliphatic hydroxyl groups is 1. The normalized spacial score (nSPS) is 20.5. The molecule has 2 aliphatic rings. The molecule has 0 saturated carbocycles. The zero-order chi connectivity index (χ0) is 24.9. The Balaban J connectivity index is 1.71. The first-order chi connectivity index (χ1) is 16.9. The van der Waals surface area contributed by atoms with Crippen LogP contribution < -0.4 is 9.47 Å². The number of amides is 1. The SMILES string of the molecule is COc1cccc([C@H]2C(=C(O)c3ccc(OC(C)C)cc3)C(=O)C(=O)N2CCN2CCOCC2)c1. The first-order valence-electron chi connectivity index (χ1n) is 11.9. The van der Waals surface area contributed by atoms with E-state index in [1.165, 1.54) is 0 Å². The predicted octanol–water partition coefficient (Wildman–Crippen LogP) is 3.24. The second-order valence-corrected chi connectivity index (χ2v) is 8.91. The summed E-state index contributed by atoms with van der Waals surface area (Å²) in [5, 5.41) is 11.3. The summed E-state index contributed by atoms with van der Waals surface area (Å²) in [5.41, 5.74) is 1.22. The van der Waals surface area contributed by atoms with Crippen molar-refractivity contribution >= 4 is 17.4 Å². The number of hydrogen-bond donors (Lipinski definition) is 1. The third-order valence-corrected chi connectivity index (χ3v) is 6.21. The van der Waals surface area contributed by atoms with Crippen molar-refractivity contribution < 1.29 is 28.9 Å². The van der Waals surface area contributed by atoms with Gasteiger partial charge in [-0.25, -0.2) is 0 Å². The van der Waals surface area contributed by atoms with Crippen LogP contribution in [0.4, 0.5) is 0 Å². The zero-order valence-electron chi connectivity index (χ0n) is 20.4. The van der Waals surface area contributed by atoms with Crippen molar-refractivity contribution in [3.05, 3.63) is 65.2 Å². The van der Waals surface area contributed by atoms with Crippen molar-refractivity contribution in [1.82, 2.24) is 9.80 Å². The topological polar surface area (TPSA) is 88.5 Å². The lowest BCUT2D eigenvalue weighted by Crippen LogP contribution is -2.42. The van der Waals surface area contributed by atoms with Crippen molar-refractivity contribution in [2.75, 3.05) is 46.5 Å². The molecule has 2 heterocycles. The van der Waals surface area contributed by atoms with E-state index in [0.717, 1.165) is 13.1 Å². The van der Waals surface area contributed by atoms with Crippen LogP contribution in [0.15, 0.2) is 54.1 Å². The van der Waals surface area contributed by atoms with E-state index in [4.69, 9.17) is 14.2 Å². The largest absolute Gasteiger partial charge is 0.507 e. The molecule has 8 nitrogen and oxygen atoms in total. The lowest BCUT2D eigenvalue weighted by molar-refractivity contribution is -0.140. The van der Waals surface area contributed by atoms with Crippen LogP contribution in [0.25, 0.3) is 5.76 Å². The minimum Gasteiger partial charge on any atom is -0.507 e. The predicted molar refractivity (Wildman–Crippen MR) is 131 cm³/mol.